The minimum atomic E-state index is -0.529. The lowest BCUT2D eigenvalue weighted by molar-refractivity contribution is -0.163. The van der Waals surface area contributed by atoms with Crippen molar-refractivity contribution in [2.45, 2.75) is 258 Å². The van der Waals surface area contributed by atoms with Crippen molar-refractivity contribution in [3.05, 3.63) is 24.3 Å². The topological polar surface area (TPSA) is 61.8 Å². The summed E-state index contributed by atoms with van der Waals surface area (Å²) in [4.78, 5) is 25.2. The summed E-state index contributed by atoms with van der Waals surface area (Å²) in [5.41, 5.74) is 0. The number of allylic oxidation sites excluding steroid dienone is 4. The van der Waals surface area contributed by atoms with Crippen LogP contribution in [0.1, 0.15) is 252 Å². The van der Waals surface area contributed by atoms with E-state index in [1.54, 1.807) is 0 Å². The van der Waals surface area contributed by atoms with Crippen molar-refractivity contribution in [1.82, 2.24) is 0 Å². The highest BCUT2D eigenvalue weighted by Crippen LogP contribution is 2.15. The van der Waals surface area contributed by atoms with Gasteiger partial charge in [0.1, 0.15) is 6.61 Å². The minimum absolute atomic E-state index is 0.0879. The maximum atomic E-state index is 12.7. The number of unbranched alkanes of at least 4 members (excludes halogenated alkanes) is 29. The van der Waals surface area contributed by atoms with Gasteiger partial charge in [-0.2, -0.15) is 0 Å². The highest BCUT2D eigenvalue weighted by molar-refractivity contribution is 5.70. The van der Waals surface area contributed by atoms with Gasteiger partial charge < -0.3 is 14.2 Å². The fraction of sp³-hybridized carbons (Fsp3) is 0.878. The van der Waals surface area contributed by atoms with E-state index in [9.17, 15) is 9.59 Å². The summed E-state index contributed by atoms with van der Waals surface area (Å²) in [7, 11) is 0. The number of ether oxygens (including phenoxy) is 3. The molecule has 0 fully saturated rings. The molecule has 0 radical (unpaired) electrons. The fourth-order valence-electron chi connectivity index (χ4n) is 6.89. The van der Waals surface area contributed by atoms with E-state index in [0.29, 0.717) is 26.1 Å². The van der Waals surface area contributed by atoms with Crippen LogP contribution in [0, 0.1) is 0 Å². The largest absolute Gasteiger partial charge is 0.462 e. The maximum Gasteiger partial charge on any atom is 0.306 e. The first-order valence-electron chi connectivity index (χ1n) is 23.9. The van der Waals surface area contributed by atoms with Crippen LogP contribution < -0.4 is 0 Å². The molecule has 0 rings (SSSR count). The summed E-state index contributed by atoms with van der Waals surface area (Å²) in [6.07, 6.45) is 51.7. The number of hydrogen-bond donors (Lipinski definition) is 0. The van der Waals surface area contributed by atoms with Crippen molar-refractivity contribution in [2.75, 3.05) is 19.8 Å². The molecule has 0 aromatic heterocycles. The lowest BCUT2D eigenvalue weighted by atomic mass is 10.1. The molecule has 5 nitrogen and oxygen atoms in total. The van der Waals surface area contributed by atoms with Gasteiger partial charge in [-0.3, -0.25) is 9.59 Å². The number of rotatable bonds is 44. The molecule has 0 spiro atoms. The zero-order valence-electron chi connectivity index (χ0n) is 36.5. The molecule has 0 saturated heterocycles. The zero-order chi connectivity index (χ0) is 39.3. The van der Waals surface area contributed by atoms with Crippen LogP contribution >= 0.6 is 0 Å². The molecule has 318 valence electrons. The number of carbonyl (C=O) groups excluding carboxylic acids is 2. The Kier molecular flexibility index (Phi) is 44.4. The van der Waals surface area contributed by atoms with Gasteiger partial charge in [0, 0.05) is 19.4 Å². The van der Waals surface area contributed by atoms with E-state index in [1.165, 1.54) is 173 Å². The van der Waals surface area contributed by atoms with Crippen LogP contribution in [0.3, 0.4) is 0 Å². The van der Waals surface area contributed by atoms with Crippen LogP contribution in [-0.2, 0) is 23.8 Å². The second-order valence-corrected chi connectivity index (χ2v) is 16.0. The first-order chi connectivity index (χ1) is 26.6. The van der Waals surface area contributed by atoms with Crippen molar-refractivity contribution in [2.24, 2.45) is 0 Å². The molecule has 0 aliphatic heterocycles. The standard InChI is InChI=1S/C49H92O5/c1-4-7-10-13-16-19-22-23-24-25-26-27-29-30-33-36-39-42-48(50)53-46-47(45-52-44-41-38-35-32-21-18-15-12-9-6-3)54-49(51)43-40-37-34-31-28-20-17-14-11-8-5-2/h16,19,23-24,47H,4-15,17-18,20-22,25-46H2,1-3H3/b19-16-,24-23-. The summed E-state index contributed by atoms with van der Waals surface area (Å²) in [5, 5.41) is 0. The third-order valence-electron chi connectivity index (χ3n) is 10.5. The Hall–Kier alpha value is -1.62. The molecule has 0 amide bonds. The molecule has 0 aromatic rings. The van der Waals surface area contributed by atoms with E-state index < -0.39 is 6.10 Å². The Labute approximate surface area is 337 Å². The Morgan fingerprint density at radius 1 is 0.407 bits per heavy atom. The van der Waals surface area contributed by atoms with Crippen molar-refractivity contribution >= 4 is 11.9 Å². The quantitative estimate of drug-likeness (QED) is 0.0352. The Morgan fingerprint density at radius 3 is 1.26 bits per heavy atom. The molecule has 0 aliphatic carbocycles. The Balaban J connectivity index is 4.18. The second kappa shape index (κ2) is 45.8. The van der Waals surface area contributed by atoms with E-state index in [1.807, 2.05) is 0 Å². The molecule has 1 atom stereocenters. The minimum Gasteiger partial charge on any atom is -0.462 e. The van der Waals surface area contributed by atoms with Crippen LogP contribution in [0.15, 0.2) is 24.3 Å². The normalized spacial score (nSPS) is 12.3. The molecule has 0 bridgehead atoms. The first-order valence-corrected chi connectivity index (χ1v) is 23.9. The molecule has 1 unspecified atom stereocenters. The van der Waals surface area contributed by atoms with Crippen molar-refractivity contribution in [1.29, 1.82) is 0 Å². The molecule has 0 aromatic carbocycles. The van der Waals surface area contributed by atoms with Crippen LogP contribution in [0.5, 0.6) is 0 Å². The van der Waals surface area contributed by atoms with Gasteiger partial charge in [-0.05, 0) is 51.4 Å². The number of hydrogen-bond acceptors (Lipinski definition) is 5. The van der Waals surface area contributed by atoms with E-state index in [0.717, 1.165) is 44.9 Å². The van der Waals surface area contributed by atoms with Crippen LogP contribution in [0.25, 0.3) is 0 Å². The number of carbonyl (C=O) groups is 2. The summed E-state index contributed by atoms with van der Waals surface area (Å²) in [6.45, 7) is 7.82. The van der Waals surface area contributed by atoms with Crippen molar-refractivity contribution < 1.29 is 23.8 Å². The predicted molar refractivity (Wildman–Crippen MR) is 233 cm³/mol. The molecular formula is C49H92O5. The molecular weight excluding hydrogens is 669 g/mol. The first kappa shape index (κ1) is 52.4. The van der Waals surface area contributed by atoms with Gasteiger partial charge in [0.25, 0.3) is 0 Å². The SMILES string of the molecule is CCCCC/C=C\C/C=C\CCCCCCCCCC(=O)OCC(COCCCCCCCCCCCC)OC(=O)CCCCCCCCCCCCC. The molecule has 0 aliphatic rings. The molecule has 54 heavy (non-hydrogen) atoms. The maximum absolute atomic E-state index is 12.7. The van der Waals surface area contributed by atoms with E-state index in [-0.39, 0.29) is 18.5 Å². The number of esters is 2. The average molecular weight is 761 g/mol. The van der Waals surface area contributed by atoms with E-state index in [4.69, 9.17) is 14.2 Å². The highest BCUT2D eigenvalue weighted by Gasteiger charge is 2.17. The lowest BCUT2D eigenvalue weighted by Gasteiger charge is -2.18. The van der Waals surface area contributed by atoms with Gasteiger partial charge in [0.2, 0.25) is 0 Å². The monoisotopic (exact) mass is 761 g/mol. The van der Waals surface area contributed by atoms with Crippen molar-refractivity contribution in [3.63, 3.8) is 0 Å². The summed E-state index contributed by atoms with van der Waals surface area (Å²) >= 11 is 0. The summed E-state index contributed by atoms with van der Waals surface area (Å²) in [5.74, 6) is -0.394. The zero-order valence-corrected chi connectivity index (χ0v) is 36.5. The summed E-state index contributed by atoms with van der Waals surface area (Å²) in [6, 6.07) is 0. The highest BCUT2D eigenvalue weighted by atomic mass is 16.6. The van der Waals surface area contributed by atoms with E-state index >= 15 is 0 Å². The van der Waals surface area contributed by atoms with Gasteiger partial charge >= 0.3 is 11.9 Å². The van der Waals surface area contributed by atoms with Gasteiger partial charge in [-0.15, -0.1) is 0 Å². The van der Waals surface area contributed by atoms with E-state index in [2.05, 4.69) is 45.1 Å². The smallest absolute Gasteiger partial charge is 0.306 e. The third-order valence-corrected chi connectivity index (χ3v) is 10.5. The van der Waals surface area contributed by atoms with Crippen LogP contribution in [-0.4, -0.2) is 37.9 Å². The predicted octanol–water partition coefficient (Wildman–Crippen LogP) is 15.7. The fourth-order valence-corrected chi connectivity index (χ4v) is 6.89. The lowest BCUT2D eigenvalue weighted by Crippen LogP contribution is -2.30. The van der Waals surface area contributed by atoms with Gasteiger partial charge in [0.15, 0.2) is 6.10 Å². The molecule has 0 N–H and O–H groups in total. The van der Waals surface area contributed by atoms with Crippen LogP contribution in [0.2, 0.25) is 0 Å². The van der Waals surface area contributed by atoms with Gasteiger partial charge in [-0.25, -0.2) is 0 Å². The van der Waals surface area contributed by atoms with Crippen LogP contribution in [0.4, 0.5) is 0 Å². The molecule has 5 heteroatoms. The Morgan fingerprint density at radius 2 is 0.778 bits per heavy atom. The average Bonchev–Trinajstić information content (AvgIpc) is 3.17. The molecule has 0 heterocycles. The Bertz CT molecular complexity index is 821. The molecule has 0 saturated carbocycles. The van der Waals surface area contributed by atoms with Crippen molar-refractivity contribution in [3.8, 4) is 0 Å². The third kappa shape index (κ3) is 43.1. The van der Waals surface area contributed by atoms with Gasteiger partial charge in [-0.1, -0.05) is 212 Å². The second-order valence-electron chi connectivity index (χ2n) is 16.0. The van der Waals surface area contributed by atoms with Gasteiger partial charge in [0.05, 0.1) is 6.61 Å². The summed E-state index contributed by atoms with van der Waals surface area (Å²) < 4.78 is 17.3.